The molecule has 3 rings (SSSR count). The van der Waals surface area contributed by atoms with Gasteiger partial charge in [0, 0.05) is 5.02 Å². The minimum absolute atomic E-state index is 0.301. The van der Waals surface area contributed by atoms with Crippen molar-refractivity contribution >= 4 is 23.5 Å². The van der Waals surface area contributed by atoms with Gasteiger partial charge in [-0.15, -0.1) is 0 Å². The van der Waals surface area contributed by atoms with Crippen LogP contribution in [0.5, 0.6) is 0 Å². The average molecular weight is 323 g/mol. The lowest BCUT2D eigenvalue weighted by Gasteiger charge is -2.26. The Morgan fingerprint density at radius 3 is 2.73 bits per heavy atom. The zero-order valence-corrected chi connectivity index (χ0v) is 13.0. The summed E-state index contributed by atoms with van der Waals surface area (Å²) >= 11 is 6.04. The fourth-order valence-corrected chi connectivity index (χ4v) is 3.13. The lowest BCUT2D eigenvalue weighted by molar-refractivity contribution is -0.124. The molecule has 0 aromatic heterocycles. The monoisotopic (exact) mass is 322 g/mol. The van der Waals surface area contributed by atoms with E-state index in [1.807, 2.05) is 6.07 Å². The summed E-state index contributed by atoms with van der Waals surface area (Å²) < 4.78 is 5.19. The number of benzene rings is 1. The van der Waals surface area contributed by atoms with E-state index in [1.54, 1.807) is 18.2 Å². The predicted octanol–water partition coefficient (Wildman–Crippen LogP) is 2.72. The molecule has 2 N–H and O–H groups in total. The van der Waals surface area contributed by atoms with Gasteiger partial charge in [0.05, 0.1) is 12.7 Å². The molecule has 1 aromatic carbocycles. The third kappa shape index (κ3) is 3.25. The van der Waals surface area contributed by atoms with Crippen LogP contribution in [-0.4, -0.2) is 24.6 Å². The molecule has 118 valence electrons. The average Bonchev–Trinajstić information content (AvgIpc) is 3.24. The van der Waals surface area contributed by atoms with Gasteiger partial charge < -0.3 is 10.1 Å². The van der Waals surface area contributed by atoms with Gasteiger partial charge in [0.15, 0.2) is 0 Å². The van der Waals surface area contributed by atoms with Crippen molar-refractivity contribution in [2.75, 3.05) is 6.61 Å². The van der Waals surface area contributed by atoms with Crippen LogP contribution in [-0.2, 0) is 15.1 Å². The molecular weight excluding hydrogens is 304 g/mol. The molecule has 2 fully saturated rings. The molecule has 6 heteroatoms. The molecule has 0 aliphatic carbocycles. The second-order valence-electron chi connectivity index (χ2n) is 5.88. The molecule has 2 saturated heterocycles. The van der Waals surface area contributed by atoms with E-state index in [-0.39, 0.29) is 5.91 Å². The minimum Gasteiger partial charge on any atom is -0.373 e. The smallest absolute Gasteiger partial charge is 0.322 e. The maximum atomic E-state index is 12.3. The Labute approximate surface area is 134 Å². The highest BCUT2D eigenvalue weighted by Crippen LogP contribution is 2.32. The van der Waals surface area contributed by atoms with Crippen LogP contribution < -0.4 is 10.6 Å². The standard InChI is InChI=1S/C16H19ClN2O3/c17-12-6-4-5-11(9-12)16(14(20)18-15(21)19-16)8-3-1-2-7-13-10-22-13/h4-6,9,13H,1-3,7-8,10H2,(H2,18,19,20,21). The molecule has 0 radical (unpaired) electrons. The van der Waals surface area contributed by atoms with Crippen LogP contribution in [0.1, 0.15) is 37.7 Å². The van der Waals surface area contributed by atoms with E-state index in [0.717, 1.165) is 37.9 Å². The maximum absolute atomic E-state index is 12.3. The van der Waals surface area contributed by atoms with Gasteiger partial charge in [-0.25, -0.2) is 4.79 Å². The molecule has 0 bridgehead atoms. The number of urea groups is 1. The third-order valence-corrected chi connectivity index (χ3v) is 4.47. The quantitative estimate of drug-likeness (QED) is 0.460. The highest BCUT2D eigenvalue weighted by molar-refractivity contribution is 6.30. The molecular formula is C16H19ClN2O3. The number of unbranched alkanes of at least 4 members (excludes halogenated alkanes) is 2. The Morgan fingerprint density at radius 1 is 1.27 bits per heavy atom. The maximum Gasteiger partial charge on any atom is 0.322 e. The van der Waals surface area contributed by atoms with Crippen LogP contribution in [0.15, 0.2) is 24.3 Å². The number of hydrogen-bond donors (Lipinski definition) is 2. The molecule has 2 aliphatic heterocycles. The van der Waals surface area contributed by atoms with Crippen molar-refractivity contribution in [3.8, 4) is 0 Å². The Kier molecular flexibility index (Phi) is 4.36. The van der Waals surface area contributed by atoms with Gasteiger partial charge in [-0.05, 0) is 30.5 Å². The Hall–Kier alpha value is -1.59. The van der Waals surface area contributed by atoms with Gasteiger partial charge in [-0.2, -0.15) is 0 Å². The highest BCUT2D eigenvalue weighted by atomic mass is 35.5. The number of carbonyl (C=O) groups is 2. The molecule has 2 atom stereocenters. The van der Waals surface area contributed by atoms with E-state index in [4.69, 9.17) is 16.3 Å². The zero-order chi connectivity index (χ0) is 15.6. The second kappa shape index (κ2) is 6.26. The summed E-state index contributed by atoms with van der Waals surface area (Å²) in [6.45, 7) is 0.880. The number of hydrogen-bond acceptors (Lipinski definition) is 3. The van der Waals surface area contributed by atoms with Crippen molar-refractivity contribution in [2.24, 2.45) is 0 Å². The SMILES string of the molecule is O=C1NC(=O)C(CCCCCC2CO2)(c2cccc(Cl)c2)N1. The van der Waals surface area contributed by atoms with E-state index in [2.05, 4.69) is 10.6 Å². The van der Waals surface area contributed by atoms with Gasteiger partial charge in [-0.3, -0.25) is 10.1 Å². The van der Waals surface area contributed by atoms with Crippen LogP contribution in [0, 0.1) is 0 Å². The molecule has 3 amide bonds. The third-order valence-electron chi connectivity index (χ3n) is 4.24. The van der Waals surface area contributed by atoms with E-state index < -0.39 is 11.6 Å². The van der Waals surface area contributed by atoms with E-state index in [9.17, 15) is 9.59 Å². The summed E-state index contributed by atoms with van der Waals surface area (Å²) in [5.41, 5.74) is -0.271. The number of epoxide rings is 1. The number of nitrogens with one attached hydrogen (secondary N) is 2. The molecule has 0 spiro atoms. The van der Waals surface area contributed by atoms with Crippen LogP contribution in [0.3, 0.4) is 0 Å². The van der Waals surface area contributed by atoms with Crippen LogP contribution in [0.4, 0.5) is 4.79 Å². The summed E-state index contributed by atoms with van der Waals surface area (Å²) in [5, 5.41) is 5.68. The zero-order valence-electron chi connectivity index (χ0n) is 12.2. The number of imide groups is 1. The number of ether oxygens (including phenoxy) is 1. The summed E-state index contributed by atoms with van der Waals surface area (Å²) in [4.78, 5) is 24.0. The van der Waals surface area contributed by atoms with Crippen LogP contribution in [0.2, 0.25) is 5.02 Å². The van der Waals surface area contributed by atoms with Gasteiger partial charge in [0.1, 0.15) is 5.54 Å². The number of rotatable bonds is 7. The van der Waals surface area contributed by atoms with Crippen LogP contribution in [0.25, 0.3) is 0 Å². The van der Waals surface area contributed by atoms with Gasteiger partial charge >= 0.3 is 6.03 Å². The lowest BCUT2D eigenvalue weighted by atomic mass is 9.84. The minimum atomic E-state index is -1.00. The topological polar surface area (TPSA) is 70.7 Å². The van der Waals surface area contributed by atoms with Crippen molar-refractivity contribution < 1.29 is 14.3 Å². The van der Waals surface area contributed by atoms with Gasteiger partial charge in [-0.1, -0.05) is 43.0 Å². The Morgan fingerprint density at radius 2 is 2.09 bits per heavy atom. The normalized spacial score (nSPS) is 26.7. The molecule has 22 heavy (non-hydrogen) atoms. The summed E-state index contributed by atoms with van der Waals surface area (Å²) in [6.07, 6.45) is 5.01. The van der Waals surface area contributed by atoms with Crippen molar-refractivity contribution in [1.82, 2.24) is 10.6 Å². The van der Waals surface area contributed by atoms with Gasteiger partial charge in [0.25, 0.3) is 5.91 Å². The number of halogens is 1. The molecule has 5 nitrogen and oxygen atoms in total. The first-order chi connectivity index (χ1) is 10.6. The highest BCUT2D eigenvalue weighted by Gasteiger charge is 2.47. The summed E-state index contributed by atoms with van der Waals surface area (Å²) in [5.74, 6) is -0.301. The van der Waals surface area contributed by atoms with Crippen molar-refractivity contribution in [2.45, 2.75) is 43.7 Å². The lowest BCUT2D eigenvalue weighted by Crippen LogP contribution is -2.43. The van der Waals surface area contributed by atoms with E-state index in [1.165, 1.54) is 0 Å². The summed E-state index contributed by atoms with van der Waals surface area (Å²) in [7, 11) is 0. The van der Waals surface area contributed by atoms with E-state index in [0.29, 0.717) is 17.5 Å². The summed E-state index contributed by atoms with van der Waals surface area (Å²) in [6, 6.07) is 6.67. The molecule has 0 saturated carbocycles. The number of amides is 3. The molecule has 2 heterocycles. The number of carbonyl (C=O) groups excluding carboxylic acids is 2. The Balaban J connectivity index is 1.69. The van der Waals surface area contributed by atoms with E-state index >= 15 is 0 Å². The first-order valence-electron chi connectivity index (χ1n) is 7.61. The molecule has 1 aromatic rings. The fraction of sp³-hybridized carbons (Fsp3) is 0.500. The van der Waals surface area contributed by atoms with Crippen LogP contribution >= 0.6 is 11.6 Å². The Bertz CT molecular complexity index is 589. The first kappa shape index (κ1) is 15.3. The molecule has 2 unspecified atom stereocenters. The predicted molar refractivity (Wildman–Crippen MR) is 82.6 cm³/mol. The largest absolute Gasteiger partial charge is 0.373 e. The van der Waals surface area contributed by atoms with Gasteiger partial charge in [0.2, 0.25) is 0 Å². The van der Waals surface area contributed by atoms with Crippen molar-refractivity contribution in [3.63, 3.8) is 0 Å². The molecule has 2 aliphatic rings. The van der Waals surface area contributed by atoms with Crippen molar-refractivity contribution in [1.29, 1.82) is 0 Å². The first-order valence-corrected chi connectivity index (χ1v) is 7.99. The van der Waals surface area contributed by atoms with Crippen molar-refractivity contribution in [3.05, 3.63) is 34.9 Å². The second-order valence-corrected chi connectivity index (χ2v) is 6.32. The fourth-order valence-electron chi connectivity index (χ4n) is 2.94.